The Morgan fingerprint density at radius 3 is 2.58 bits per heavy atom. The van der Waals surface area contributed by atoms with Crippen LogP contribution in [0.3, 0.4) is 0 Å². The predicted molar refractivity (Wildman–Crippen MR) is 110 cm³/mol. The Kier molecular flexibility index (Phi) is 4.53. The van der Waals surface area contributed by atoms with Crippen LogP contribution in [-0.2, 0) is 6.42 Å². The Morgan fingerprint density at radius 2 is 1.85 bits per heavy atom. The summed E-state index contributed by atoms with van der Waals surface area (Å²) in [7, 11) is 3.98. The highest BCUT2D eigenvalue weighted by Gasteiger charge is 2.12. The molecule has 0 saturated heterocycles. The van der Waals surface area contributed by atoms with Crippen LogP contribution in [0, 0.1) is 0 Å². The molecule has 4 nitrogen and oxygen atoms in total. The number of pyridine rings is 1. The largest absolute Gasteiger partial charge is 0.378 e. The zero-order valence-electron chi connectivity index (χ0n) is 14.5. The van der Waals surface area contributed by atoms with Crippen molar-refractivity contribution in [1.29, 1.82) is 0 Å². The van der Waals surface area contributed by atoms with E-state index in [0.29, 0.717) is 6.42 Å². The maximum Gasteiger partial charge on any atom is 0.168 e. The first-order chi connectivity index (χ1) is 12.6. The second kappa shape index (κ2) is 6.97. The Morgan fingerprint density at radius 1 is 1.04 bits per heavy atom. The van der Waals surface area contributed by atoms with Gasteiger partial charge in [-0.1, -0.05) is 0 Å². The maximum atomic E-state index is 12.6. The Labute approximate surface area is 159 Å². The third kappa shape index (κ3) is 3.38. The average Bonchev–Trinajstić information content (AvgIpc) is 3.28. The van der Waals surface area contributed by atoms with Crippen LogP contribution in [0.25, 0.3) is 20.1 Å². The summed E-state index contributed by atoms with van der Waals surface area (Å²) in [5.74, 6) is 0.136. The molecule has 4 aromatic rings. The van der Waals surface area contributed by atoms with Gasteiger partial charge in [0.2, 0.25) is 0 Å². The fraction of sp³-hybridized carbons (Fsp3) is 0.150. The molecule has 0 spiro atoms. The monoisotopic (exact) mass is 379 g/mol. The number of anilines is 1. The van der Waals surface area contributed by atoms with Gasteiger partial charge in [0.05, 0.1) is 15.8 Å². The van der Waals surface area contributed by atoms with Crippen molar-refractivity contribution < 1.29 is 4.79 Å². The number of benzene rings is 1. The number of hydrogen-bond donors (Lipinski definition) is 0. The van der Waals surface area contributed by atoms with Crippen molar-refractivity contribution >= 4 is 44.4 Å². The lowest BCUT2D eigenvalue weighted by atomic mass is 10.1. The fourth-order valence-electron chi connectivity index (χ4n) is 2.68. The summed E-state index contributed by atoms with van der Waals surface area (Å²) in [5.41, 5.74) is 2.75. The van der Waals surface area contributed by atoms with Crippen LogP contribution in [0.15, 0.2) is 54.9 Å². The first kappa shape index (κ1) is 16.9. The number of hydrogen-bond acceptors (Lipinski definition) is 6. The molecule has 0 radical (unpaired) electrons. The first-order valence-corrected chi connectivity index (χ1v) is 9.84. The molecule has 0 N–H and O–H groups in total. The lowest BCUT2D eigenvalue weighted by Gasteiger charge is -2.12. The number of Topliss-reactive ketones (excluding diaryl/α,β-unsaturated/α-hetero) is 1. The SMILES string of the molecule is CN(C)c1ccc(C(=O)Cc2ccc(-c3nc4cnccc4s3)s2)cc1. The van der Waals surface area contributed by atoms with E-state index in [2.05, 4.69) is 9.97 Å². The Hall–Kier alpha value is -2.57. The van der Waals surface area contributed by atoms with Crippen molar-refractivity contribution in [1.82, 2.24) is 9.97 Å². The molecule has 0 atom stereocenters. The van der Waals surface area contributed by atoms with Crippen LogP contribution in [0.2, 0.25) is 0 Å². The first-order valence-electron chi connectivity index (χ1n) is 8.20. The molecule has 0 bridgehead atoms. The highest BCUT2D eigenvalue weighted by molar-refractivity contribution is 7.25. The predicted octanol–water partition coefficient (Wildman–Crippen LogP) is 4.91. The number of aromatic nitrogens is 2. The van der Waals surface area contributed by atoms with Crippen molar-refractivity contribution in [3.05, 3.63) is 65.3 Å². The molecule has 3 heterocycles. The Bertz CT molecular complexity index is 1030. The molecule has 0 unspecified atom stereocenters. The summed E-state index contributed by atoms with van der Waals surface area (Å²) >= 11 is 3.28. The van der Waals surface area contributed by atoms with E-state index in [0.717, 1.165) is 36.2 Å². The van der Waals surface area contributed by atoms with Crippen molar-refractivity contribution in [3.8, 4) is 9.88 Å². The van der Waals surface area contributed by atoms with Gasteiger partial charge < -0.3 is 4.90 Å². The molecule has 26 heavy (non-hydrogen) atoms. The van der Waals surface area contributed by atoms with E-state index in [1.165, 1.54) is 0 Å². The number of ketones is 1. The van der Waals surface area contributed by atoms with E-state index in [1.807, 2.05) is 61.5 Å². The molecule has 0 fully saturated rings. The lowest BCUT2D eigenvalue weighted by Crippen LogP contribution is -2.09. The zero-order valence-corrected chi connectivity index (χ0v) is 16.1. The second-order valence-corrected chi connectivity index (χ2v) is 8.37. The minimum absolute atomic E-state index is 0.136. The van der Waals surface area contributed by atoms with E-state index in [1.54, 1.807) is 35.1 Å². The molecule has 3 aromatic heterocycles. The minimum atomic E-state index is 0.136. The quantitative estimate of drug-likeness (QED) is 0.462. The summed E-state index contributed by atoms with van der Waals surface area (Å²) in [6.45, 7) is 0. The van der Waals surface area contributed by atoms with E-state index in [4.69, 9.17) is 0 Å². The summed E-state index contributed by atoms with van der Waals surface area (Å²) in [6.07, 6.45) is 3.98. The minimum Gasteiger partial charge on any atom is -0.378 e. The van der Waals surface area contributed by atoms with Gasteiger partial charge in [-0.05, 0) is 42.5 Å². The number of fused-ring (bicyclic) bond motifs is 1. The van der Waals surface area contributed by atoms with E-state index in [9.17, 15) is 4.79 Å². The summed E-state index contributed by atoms with van der Waals surface area (Å²) in [5, 5.41) is 0.979. The fourth-order valence-corrected chi connectivity index (χ4v) is 4.67. The molecule has 0 aliphatic carbocycles. The number of rotatable bonds is 5. The molecule has 0 aliphatic rings. The maximum absolute atomic E-state index is 12.6. The van der Waals surface area contributed by atoms with Gasteiger partial charge in [0, 0.05) is 42.8 Å². The highest BCUT2D eigenvalue weighted by atomic mass is 32.1. The summed E-state index contributed by atoms with van der Waals surface area (Å²) < 4.78 is 1.13. The third-order valence-corrected chi connectivity index (χ3v) is 6.39. The van der Waals surface area contributed by atoms with Crippen LogP contribution in [0.4, 0.5) is 5.69 Å². The number of carbonyl (C=O) groups is 1. The van der Waals surface area contributed by atoms with Gasteiger partial charge in [-0.15, -0.1) is 22.7 Å². The zero-order chi connectivity index (χ0) is 18.1. The summed E-state index contributed by atoms with van der Waals surface area (Å²) in [4.78, 5) is 25.5. The number of thiazole rings is 1. The van der Waals surface area contributed by atoms with E-state index < -0.39 is 0 Å². The van der Waals surface area contributed by atoms with Gasteiger partial charge in [0.15, 0.2) is 5.78 Å². The lowest BCUT2D eigenvalue weighted by molar-refractivity contribution is 0.0994. The van der Waals surface area contributed by atoms with Gasteiger partial charge in [-0.25, -0.2) is 4.98 Å². The van der Waals surface area contributed by atoms with Crippen molar-refractivity contribution in [2.24, 2.45) is 0 Å². The van der Waals surface area contributed by atoms with Crippen molar-refractivity contribution in [2.45, 2.75) is 6.42 Å². The number of nitrogens with zero attached hydrogens (tertiary/aromatic N) is 3. The van der Waals surface area contributed by atoms with Crippen LogP contribution in [0.5, 0.6) is 0 Å². The van der Waals surface area contributed by atoms with Gasteiger partial charge in [-0.2, -0.15) is 0 Å². The molecular weight excluding hydrogens is 362 g/mol. The standard InChI is InChI=1S/C20H17N3OS2/c1-23(2)14-5-3-13(4-6-14)17(24)11-15-7-8-19(25-15)20-22-16-12-21-10-9-18(16)26-20/h3-10,12H,11H2,1-2H3. The number of carbonyl (C=O) groups excluding carboxylic acids is 1. The van der Waals surface area contributed by atoms with Crippen LogP contribution in [0.1, 0.15) is 15.2 Å². The molecule has 0 aliphatic heterocycles. The molecule has 0 amide bonds. The van der Waals surface area contributed by atoms with E-state index in [-0.39, 0.29) is 5.78 Å². The van der Waals surface area contributed by atoms with Gasteiger partial charge >= 0.3 is 0 Å². The van der Waals surface area contributed by atoms with Gasteiger partial charge in [-0.3, -0.25) is 9.78 Å². The molecule has 1 aromatic carbocycles. The number of thiophene rings is 1. The highest BCUT2D eigenvalue weighted by Crippen LogP contribution is 2.34. The van der Waals surface area contributed by atoms with Crippen molar-refractivity contribution in [2.75, 3.05) is 19.0 Å². The van der Waals surface area contributed by atoms with Gasteiger partial charge in [0.25, 0.3) is 0 Å². The average molecular weight is 380 g/mol. The second-order valence-electron chi connectivity index (χ2n) is 6.17. The normalized spacial score (nSPS) is 11.0. The summed E-state index contributed by atoms with van der Waals surface area (Å²) in [6, 6.07) is 13.8. The molecule has 0 saturated carbocycles. The van der Waals surface area contributed by atoms with Crippen LogP contribution >= 0.6 is 22.7 Å². The van der Waals surface area contributed by atoms with Crippen LogP contribution < -0.4 is 4.90 Å². The molecule has 4 rings (SSSR count). The molecule has 130 valence electrons. The van der Waals surface area contributed by atoms with Crippen LogP contribution in [-0.4, -0.2) is 29.8 Å². The smallest absolute Gasteiger partial charge is 0.168 e. The topological polar surface area (TPSA) is 46.1 Å². The van der Waals surface area contributed by atoms with E-state index >= 15 is 0 Å². The van der Waals surface area contributed by atoms with Gasteiger partial charge in [0.1, 0.15) is 10.5 Å². The Balaban J connectivity index is 1.51. The third-order valence-electron chi connectivity index (χ3n) is 4.10. The van der Waals surface area contributed by atoms with Crippen molar-refractivity contribution in [3.63, 3.8) is 0 Å². The molecule has 6 heteroatoms. The molecular formula is C20H17N3OS2.